The quantitative estimate of drug-likeness (QED) is 0.460. The van der Waals surface area contributed by atoms with Crippen LogP contribution in [0.2, 0.25) is 0 Å². The molecule has 0 radical (unpaired) electrons. The third-order valence-electron chi connectivity index (χ3n) is 3.99. The molecule has 0 spiro atoms. The minimum Gasteiger partial charge on any atom is -0.497 e. The SMILES string of the molecule is COc1ccc(S(=O)(=O)N(C(=O)c2cccnc2)[C@@H](C(=O)NO)C(C)C)cc1.Cl.O. The smallest absolute Gasteiger partial charge is 0.269 e. The second-order valence-corrected chi connectivity index (χ2v) is 8.00. The Morgan fingerprint density at radius 2 is 1.77 bits per heavy atom. The second kappa shape index (κ2) is 11.5. The lowest BCUT2D eigenvalue weighted by Gasteiger charge is -2.32. The first kappa shape index (κ1) is 27.3. The van der Waals surface area contributed by atoms with Crippen molar-refractivity contribution >= 4 is 34.2 Å². The zero-order valence-corrected chi connectivity index (χ0v) is 18.1. The van der Waals surface area contributed by atoms with E-state index >= 15 is 0 Å². The van der Waals surface area contributed by atoms with Crippen LogP contribution in [0.25, 0.3) is 0 Å². The number of amides is 2. The molecule has 0 unspecified atom stereocenters. The van der Waals surface area contributed by atoms with Gasteiger partial charge in [0.1, 0.15) is 11.8 Å². The fraction of sp³-hybridized carbons (Fsp3) is 0.278. The number of aromatic nitrogens is 1. The molecule has 0 aliphatic rings. The molecule has 0 bridgehead atoms. The third-order valence-corrected chi connectivity index (χ3v) is 5.77. The van der Waals surface area contributed by atoms with Crippen LogP contribution in [0.1, 0.15) is 24.2 Å². The van der Waals surface area contributed by atoms with Crippen molar-refractivity contribution in [2.24, 2.45) is 5.92 Å². The van der Waals surface area contributed by atoms with Gasteiger partial charge in [0.25, 0.3) is 21.8 Å². The summed E-state index contributed by atoms with van der Waals surface area (Å²) < 4.78 is 32.1. The predicted molar refractivity (Wildman–Crippen MR) is 110 cm³/mol. The molecule has 1 aromatic carbocycles. The van der Waals surface area contributed by atoms with Gasteiger partial charge in [0, 0.05) is 12.4 Å². The second-order valence-electron chi connectivity index (χ2n) is 6.19. The molecule has 0 aliphatic carbocycles. The minimum atomic E-state index is -4.44. The number of hydrogen-bond donors (Lipinski definition) is 2. The monoisotopic (exact) mass is 461 g/mol. The van der Waals surface area contributed by atoms with Gasteiger partial charge in [-0.3, -0.25) is 19.8 Å². The number of nitrogens with one attached hydrogen (secondary N) is 1. The number of sulfonamides is 1. The number of pyridine rings is 1. The molecule has 1 heterocycles. The lowest BCUT2D eigenvalue weighted by atomic mass is 10.0. The first-order chi connectivity index (χ1) is 13.2. The molecule has 166 valence electrons. The Morgan fingerprint density at radius 3 is 2.20 bits per heavy atom. The van der Waals surface area contributed by atoms with Gasteiger partial charge in [-0.25, -0.2) is 18.2 Å². The average Bonchev–Trinajstić information content (AvgIpc) is 2.71. The Hall–Kier alpha value is -2.73. The van der Waals surface area contributed by atoms with Crippen LogP contribution < -0.4 is 10.2 Å². The zero-order valence-electron chi connectivity index (χ0n) is 16.5. The minimum absolute atomic E-state index is 0. The third kappa shape index (κ3) is 5.66. The molecular formula is C18H24ClN3O7S. The number of hydroxylamine groups is 1. The van der Waals surface area contributed by atoms with Crippen molar-refractivity contribution in [2.75, 3.05) is 7.11 Å². The van der Waals surface area contributed by atoms with Gasteiger partial charge in [0.05, 0.1) is 17.6 Å². The first-order valence-electron chi connectivity index (χ1n) is 8.30. The van der Waals surface area contributed by atoms with Crippen LogP contribution in [0.4, 0.5) is 0 Å². The maximum Gasteiger partial charge on any atom is 0.269 e. The van der Waals surface area contributed by atoms with E-state index in [1.807, 2.05) is 0 Å². The maximum absolute atomic E-state index is 13.3. The standard InChI is InChI=1S/C18H21N3O6S.ClH.H2O/c1-12(2)16(17(22)20-24)21(18(23)13-5-4-10-19-11-13)28(25,26)15-8-6-14(27-3)7-9-15;;/h4-12,16,24H,1-3H3,(H,20,22);1H;1H2/t16-;;/m1../s1. The van der Waals surface area contributed by atoms with E-state index in [2.05, 4.69) is 4.98 Å². The number of halogens is 1. The van der Waals surface area contributed by atoms with Crippen LogP contribution in [0.3, 0.4) is 0 Å². The highest BCUT2D eigenvalue weighted by Crippen LogP contribution is 2.26. The summed E-state index contributed by atoms with van der Waals surface area (Å²) in [6, 6.07) is 6.77. The molecule has 0 fully saturated rings. The normalized spacial score (nSPS) is 11.5. The molecule has 4 N–H and O–H groups in total. The molecule has 2 amide bonds. The molecule has 0 saturated carbocycles. The van der Waals surface area contributed by atoms with Gasteiger partial charge in [0.15, 0.2) is 0 Å². The summed E-state index contributed by atoms with van der Waals surface area (Å²) in [7, 11) is -3.01. The Balaban J connectivity index is 0.00000420. The lowest BCUT2D eigenvalue weighted by molar-refractivity contribution is -0.134. The fourth-order valence-corrected chi connectivity index (χ4v) is 4.28. The first-order valence-corrected chi connectivity index (χ1v) is 9.74. The number of ether oxygens (including phenoxy) is 1. The summed E-state index contributed by atoms with van der Waals surface area (Å²) in [6.07, 6.45) is 2.63. The molecule has 12 heteroatoms. The van der Waals surface area contributed by atoms with Crippen LogP contribution >= 0.6 is 12.4 Å². The molecular weight excluding hydrogens is 438 g/mol. The van der Waals surface area contributed by atoms with Crippen molar-refractivity contribution < 1.29 is 33.4 Å². The van der Waals surface area contributed by atoms with Gasteiger partial charge in [-0.2, -0.15) is 0 Å². The van der Waals surface area contributed by atoms with Crippen molar-refractivity contribution in [3.8, 4) is 5.75 Å². The molecule has 1 aromatic heterocycles. The number of benzene rings is 1. The van der Waals surface area contributed by atoms with E-state index < -0.39 is 33.8 Å². The highest BCUT2D eigenvalue weighted by Gasteiger charge is 2.41. The van der Waals surface area contributed by atoms with Gasteiger partial charge >= 0.3 is 0 Å². The Morgan fingerprint density at radius 1 is 1.17 bits per heavy atom. The topological polar surface area (TPSA) is 157 Å². The maximum atomic E-state index is 13.3. The van der Waals surface area contributed by atoms with Gasteiger partial charge in [-0.05, 0) is 42.3 Å². The number of carbonyl (C=O) groups excluding carboxylic acids is 2. The molecule has 0 aliphatic heterocycles. The molecule has 1 atom stereocenters. The Labute approximate surface area is 180 Å². The highest BCUT2D eigenvalue weighted by atomic mass is 35.5. The predicted octanol–water partition coefficient (Wildman–Crippen LogP) is 1.05. The van der Waals surface area contributed by atoms with Crippen LogP contribution in [0, 0.1) is 5.92 Å². The van der Waals surface area contributed by atoms with Crippen molar-refractivity contribution in [1.29, 1.82) is 0 Å². The van der Waals surface area contributed by atoms with Gasteiger partial charge in [-0.15, -0.1) is 12.4 Å². The Kier molecular flexibility index (Phi) is 10.4. The largest absolute Gasteiger partial charge is 0.497 e. The van der Waals surface area contributed by atoms with Crippen molar-refractivity contribution in [3.63, 3.8) is 0 Å². The van der Waals surface area contributed by atoms with E-state index in [-0.39, 0.29) is 28.3 Å². The van der Waals surface area contributed by atoms with Crippen molar-refractivity contribution in [2.45, 2.75) is 24.8 Å². The van der Waals surface area contributed by atoms with E-state index in [0.29, 0.717) is 10.1 Å². The summed E-state index contributed by atoms with van der Waals surface area (Å²) in [5.41, 5.74) is 1.42. The highest BCUT2D eigenvalue weighted by molar-refractivity contribution is 7.89. The summed E-state index contributed by atoms with van der Waals surface area (Å²) >= 11 is 0. The number of hydrogen-bond acceptors (Lipinski definition) is 7. The summed E-state index contributed by atoms with van der Waals surface area (Å²) in [4.78, 5) is 28.9. The molecule has 2 aromatic rings. The van der Waals surface area contributed by atoms with Crippen molar-refractivity contribution in [1.82, 2.24) is 14.8 Å². The van der Waals surface area contributed by atoms with E-state index in [4.69, 9.17) is 9.94 Å². The van der Waals surface area contributed by atoms with E-state index in [0.717, 1.165) is 0 Å². The lowest BCUT2D eigenvalue weighted by Crippen LogP contribution is -2.54. The molecule has 0 saturated heterocycles. The number of nitrogens with zero attached hydrogens (tertiary/aromatic N) is 2. The summed E-state index contributed by atoms with van der Waals surface area (Å²) in [5.74, 6) is -2.16. The zero-order chi connectivity index (χ0) is 20.9. The van der Waals surface area contributed by atoms with E-state index in [1.165, 1.54) is 61.4 Å². The fourth-order valence-electron chi connectivity index (χ4n) is 2.61. The van der Waals surface area contributed by atoms with Gasteiger partial charge < -0.3 is 10.2 Å². The Bertz CT molecular complexity index is 938. The average molecular weight is 462 g/mol. The van der Waals surface area contributed by atoms with Gasteiger partial charge in [0.2, 0.25) is 0 Å². The van der Waals surface area contributed by atoms with Crippen LogP contribution in [0.15, 0.2) is 53.7 Å². The van der Waals surface area contributed by atoms with Crippen LogP contribution in [0.5, 0.6) is 5.75 Å². The molecule has 10 nitrogen and oxygen atoms in total. The van der Waals surface area contributed by atoms with Crippen LogP contribution in [-0.4, -0.2) is 53.4 Å². The molecule has 2 rings (SSSR count). The summed E-state index contributed by atoms with van der Waals surface area (Å²) in [6.45, 7) is 3.12. The number of carbonyl (C=O) groups is 2. The number of methoxy groups -OCH3 is 1. The van der Waals surface area contributed by atoms with Crippen molar-refractivity contribution in [3.05, 3.63) is 54.4 Å². The molecule has 30 heavy (non-hydrogen) atoms. The van der Waals surface area contributed by atoms with Gasteiger partial charge in [-0.1, -0.05) is 13.8 Å². The van der Waals surface area contributed by atoms with E-state index in [1.54, 1.807) is 13.8 Å². The summed E-state index contributed by atoms with van der Waals surface area (Å²) in [5, 5.41) is 9.10. The number of rotatable bonds is 7. The van der Waals surface area contributed by atoms with E-state index in [9.17, 15) is 18.0 Å². The van der Waals surface area contributed by atoms with Crippen LogP contribution in [-0.2, 0) is 14.8 Å².